The summed E-state index contributed by atoms with van der Waals surface area (Å²) in [4.78, 5) is 13.5. The minimum Gasteiger partial charge on any atom is -0.329 e. The highest BCUT2D eigenvalue weighted by molar-refractivity contribution is 7.71. The number of nitro groups is 1. The molecule has 0 atom stereocenters. The van der Waals surface area contributed by atoms with Crippen LogP contribution in [0.5, 0.6) is 0 Å². The number of nitrogens with one attached hydrogen (secondary N) is 2. The molecular formula is C16H14N4O2S. The van der Waals surface area contributed by atoms with E-state index in [1.807, 2.05) is 37.3 Å². The first-order chi connectivity index (χ1) is 11.1. The summed E-state index contributed by atoms with van der Waals surface area (Å²) in [5.41, 5.74) is 6.83. The predicted octanol–water partition coefficient (Wildman–Crippen LogP) is 4.30. The molecule has 0 saturated carbocycles. The molecular weight excluding hydrogens is 312 g/mol. The molecule has 0 aliphatic rings. The lowest BCUT2D eigenvalue weighted by atomic mass is 10.1. The van der Waals surface area contributed by atoms with Gasteiger partial charge in [0, 0.05) is 12.1 Å². The molecule has 0 unspecified atom stereocenters. The molecule has 0 bridgehead atoms. The monoisotopic (exact) mass is 326 g/mol. The van der Waals surface area contributed by atoms with Gasteiger partial charge in [-0.3, -0.25) is 15.5 Å². The third kappa shape index (κ3) is 3.00. The quantitative estimate of drug-likeness (QED) is 0.426. The van der Waals surface area contributed by atoms with Crippen molar-refractivity contribution in [2.45, 2.75) is 6.92 Å². The SMILES string of the molecule is Cc1c(-c2ccccc2)[nH]c(=S)n1Nc1ccc([N+](=O)[O-])cc1. The zero-order valence-corrected chi connectivity index (χ0v) is 13.1. The highest BCUT2D eigenvalue weighted by Gasteiger charge is 2.10. The summed E-state index contributed by atoms with van der Waals surface area (Å²) in [7, 11) is 0. The molecule has 3 aromatic rings. The van der Waals surface area contributed by atoms with Crippen LogP contribution in [0.15, 0.2) is 54.6 Å². The highest BCUT2D eigenvalue weighted by Crippen LogP contribution is 2.23. The fourth-order valence-corrected chi connectivity index (χ4v) is 2.61. The van der Waals surface area contributed by atoms with Crippen molar-refractivity contribution >= 4 is 23.6 Å². The first-order valence-corrected chi connectivity index (χ1v) is 7.35. The fraction of sp³-hybridized carbons (Fsp3) is 0.0625. The van der Waals surface area contributed by atoms with E-state index in [2.05, 4.69) is 10.4 Å². The molecule has 0 aliphatic heterocycles. The van der Waals surface area contributed by atoms with Crippen molar-refractivity contribution in [2.75, 3.05) is 5.43 Å². The number of non-ortho nitro benzene ring substituents is 1. The van der Waals surface area contributed by atoms with Crippen molar-refractivity contribution in [3.05, 3.63) is 75.2 Å². The number of aromatic nitrogens is 2. The van der Waals surface area contributed by atoms with Gasteiger partial charge in [0.05, 0.1) is 22.0 Å². The largest absolute Gasteiger partial charge is 0.329 e. The van der Waals surface area contributed by atoms with Crippen LogP contribution in [0.2, 0.25) is 0 Å². The lowest BCUT2D eigenvalue weighted by Gasteiger charge is -2.09. The first kappa shape index (κ1) is 15.0. The van der Waals surface area contributed by atoms with Crippen molar-refractivity contribution in [1.82, 2.24) is 9.66 Å². The van der Waals surface area contributed by atoms with Crippen LogP contribution in [0.4, 0.5) is 11.4 Å². The van der Waals surface area contributed by atoms with Crippen molar-refractivity contribution in [1.29, 1.82) is 0 Å². The Hall–Kier alpha value is -2.93. The standard InChI is InChI=1S/C16H14N4O2S/c1-11-15(12-5-3-2-4-6-12)17-16(23)19(11)18-13-7-9-14(10-8-13)20(21)22/h2-10,18H,1H3,(H,17,23). The van der Waals surface area contributed by atoms with Gasteiger partial charge < -0.3 is 4.98 Å². The summed E-state index contributed by atoms with van der Waals surface area (Å²) < 4.78 is 2.28. The van der Waals surface area contributed by atoms with Gasteiger partial charge in [0.15, 0.2) is 4.77 Å². The minimum absolute atomic E-state index is 0.0508. The number of hydrogen-bond acceptors (Lipinski definition) is 4. The molecule has 3 rings (SSSR count). The maximum Gasteiger partial charge on any atom is 0.269 e. The molecule has 0 aliphatic carbocycles. The molecule has 7 heteroatoms. The molecule has 23 heavy (non-hydrogen) atoms. The summed E-state index contributed by atoms with van der Waals surface area (Å²) in [6.07, 6.45) is 0. The highest BCUT2D eigenvalue weighted by atomic mass is 32.1. The second-order valence-corrected chi connectivity index (χ2v) is 5.39. The zero-order valence-electron chi connectivity index (χ0n) is 12.3. The predicted molar refractivity (Wildman–Crippen MR) is 91.9 cm³/mol. The Morgan fingerprint density at radius 3 is 2.39 bits per heavy atom. The molecule has 6 nitrogen and oxygen atoms in total. The number of hydrogen-bond donors (Lipinski definition) is 2. The Morgan fingerprint density at radius 2 is 1.78 bits per heavy atom. The van der Waals surface area contributed by atoms with E-state index in [1.54, 1.807) is 16.8 Å². The van der Waals surface area contributed by atoms with Gasteiger partial charge in [0.2, 0.25) is 0 Å². The number of H-pyrrole nitrogens is 1. The van der Waals surface area contributed by atoms with E-state index in [9.17, 15) is 10.1 Å². The molecule has 0 saturated heterocycles. The van der Waals surface area contributed by atoms with E-state index in [1.165, 1.54) is 12.1 Å². The maximum absolute atomic E-state index is 10.7. The van der Waals surface area contributed by atoms with Gasteiger partial charge in [-0.15, -0.1) is 0 Å². The number of anilines is 1. The first-order valence-electron chi connectivity index (χ1n) is 6.95. The molecule has 0 spiro atoms. The summed E-state index contributed by atoms with van der Waals surface area (Å²) in [6, 6.07) is 16.1. The Bertz CT molecular complexity index is 898. The summed E-state index contributed by atoms with van der Waals surface area (Å²) in [5, 5.41) is 10.7. The van der Waals surface area contributed by atoms with Crippen LogP contribution < -0.4 is 5.43 Å². The zero-order chi connectivity index (χ0) is 16.4. The minimum atomic E-state index is -0.426. The number of nitrogens with zero attached hydrogens (tertiary/aromatic N) is 2. The van der Waals surface area contributed by atoms with E-state index >= 15 is 0 Å². The van der Waals surface area contributed by atoms with Crippen LogP contribution in [0.25, 0.3) is 11.3 Å². The van der Waals surface area contributed by atoms with Crippen LogP contribution >= 0.6 is 12.2 Å². The Morgan fingerprint density at radius 1 is 1.13 bits per heavy atom. The van der Waals surface area contributed by atoms with Gasteiger partial charge in [-0.1, -0.05) is 30.3 Å². The van der Waals surface area contributed by atoms with Crippen LogP contribution in [0.1, 0.15) is 5.69 Å². The molecule has 0 fully saturated rings. The Balaban J connectivity index is 1.93. The Kier molecular flexibility index (Phi) is 3.94. The van der Waals surface area contributed by atoms with E-state index in [0.717, 1.165) is 17.0 Å². The molecule has 2 N–H and O–H groups in total. The maximum atomic E-state index is 10.7. The normalized spacial score (nSPS) is 10.5. The van der Waals surface area contributed by atoms with Gasteiger partial charge in [0.1, 0.15) is 0 Å². The second kappa shape index (κ2) is 6.05. The van der Waals surface area contributed by atoms with Crippen LogP contribution in [-0.2, 0) is 0 Å². The van der Waals surface area contributed by atoms with E-state index < -0.39 is 4.92 Å². The molecule has 0 radical (unpaired) electrons. The van der Waals surface area contributed by atoms with E-state index in [4.69, 9.17) is 12.2 Å². The lowest BCUT2D eigenvalue weighted by Crippen LogP contribution is -2.10. The molecule has 2 aromatic carbocycles. The Labute approximate surface area is 137 Å². The van der Waals surface area contributed by atoms with E-state index in [-0.39, 0.29) is 5.69 Å². The molecule has 1 aromatic heterocycles. The van der Waals surface area contributed by atoms with Gasteiger partial charge in [0.25, 0.3) is 5.69 Å². The van der Waals surface area contributed by atoms with Crippen molar-refractivity contribution < 1.29 is 4.92 Å². The number of benzene rings is 2. The third-order valence-electron chi connectivity index (χ3n) is 3.51. The second-order valence-electron chi connectivity index (χ2n) is 5.01. The number of rotatable bonds is 4. The third-order valence-corrected chi connectivity index (χ3v) is 3.80. The summed E-state index contributed by atoms with van der Waals surface area (Å²) >= 11 is 5.36. The molecule has 0 amide bonds. The van der Waals surface area contributed by atoms with Crippen molar-refractivity contribution in [2.24, 2.45) is 0 Å². The molecule has 1 heterocycles. The topological polar surface area (TPSA) is 75.9 Å². The number of imidazole rings is 1. The van der Waals surface area contributed by atoms with Crippen LogP contribution in [-0.4, -0.2) is 14.6 Å². The van der Waals surface area contributed by atoms with E-state index in [0.29, 0.717) is 10.5 Å². The van der Waals surface area contributed by atoms with Gasteiger partial charge >= 0.3 is 0 Å². The molecule has 116 valence electrons. The fourth-order valence-electron chi connectivity index (χ4n) is 2.32. The van der Waals surface area contributed by atoms with Crippen LogP contribution in [0.3, 0.4) is 0 Å². The lowest BCUT2D eigenvalue weighted by molar-refractivity contribution is -0.384. The average Bonchev–Trinajstić information content (AvgIpc) is 2.84. The number of nitro benzene ring substituents is 1. The summed E-state index contributed by atoms with van der Waals surface area (Å²) in [6.45, 7) is 1.95. The van der Waals surface area contributed by atoms with Crippen LogP contribution in [0, 0.1) is 21.8 Å². The van der Waals surface area contributed by atoms with Gasteiger partial charge in [-0.25, -0.2) is 4.68 Å². The smallest absolute Gasteiger partial charge is 0.269 e. The van der Waals surface area contributed by atoms with Crippen molar-refractivity contribution in [3.8, 4) is 11.3 Å². The summed E-state index contributed by atoms with van der Waals surface area (Å²) in [5.74, 6) is 0. The van der Waals surface area contributed by atoms with Crippen molar-refractivity contribution in [3.63, 3.8) is 0 Å². The average molecular weight is 326 g/mol. The van der Waals surface area contributed by atoms with Gasteiger partial charge in [-0.2, -0.15) is 0 Å². The van der Waals surface area contributed by atoms with Gasteiger partial charge in [-0.05, 0) is 36.8 Å². The number of aromatic amines is 1.